The normalized spacial score (nSPS) is 10.8. The van der Waals surface area contributed by atoms with Crippen molar-refractivity contribution < 1.29 is 0 Å². The predicted molar refractivity (Wildman–Crippen MR) is 54.2 cm³/mol. The first-order valence-corrected chi connectivity index (χ1v) is 3.72. The molecule has 0 radical (unpaired) electrons. The highest BCUT2D eigenvalue weighted by Gasteiger charge is 1.92. The minimum Gasteiger partial charge on any atom is -0.272 e. The van der Waals surface area contributed by atoms with Crippen LogP contribution >= 0.6 is 0 Å². The first-order chi connectivity index (χ1) is 5.88. The van der Waals surface area contributed by atoms with Gasteiger partial charge < -0.3 is 0 Å². The Morgan fingerprint density at radius 2 is 1.92 bits per heavy atom. The van der Waals surface area contributed by atoms with E-state index in [0.29, 0.717) is 0 Å². The van der Waals surface area contributed by atoms with Gasteiger partial charge in [0.15, 0.2) is 0 Å². The van der Waals surface area contributed by atoms with Crippen LogP contribution in [0.3, 0.4) is 0 Å². The maximum atomic E-state index is 3.70. The van der Waals surface area contributed by atoms with E-state index in [0.717, 1.165) is 11.1 Å². The minimum absolute atomic E-state index is 0.991. The standard InChI is InChI=1S/C11H11N/c1-3-10(9-12-2)11-7-5-4-6-8-11/h3-9H,1-2H2/b10-9+. The van der Waals surface area contributed by atoms with Crippen LogP contribution in [0.2, 0.25) is 0 Å². The van der Waals surface area contributed by atoms with E-state index >= 15 is 0 Å². The minimum atomic E-state index is 0.991. The zero-order valence-electron chi connectivity index (χ0n) is 6.90. The van der Waals surface area contributed by atoms with E-state index in [4.69, 9.17) is 0 Å². The monoisotopic (exact) mass is 157 g/mol. The lowest BCUT2D eigenvalue weighted by atomic mass is 10.1. The molecule has 0 aromatic heterocycles. The quantitative estimate of drug-likeness (QED) is 0.472. The second-order valence-corrected chi connectivity index (χ2v) is 2.34. The highest BCUT2D eigenvalue weighted by molar-refractivity contribution is 5.73. The molecule has 1 aromatic rings. The van der Waals surface area contributed by atoms with Crippen molar-refractivity contribution in [2.24, 2.45) is 4.99 Å². The molecule has 0 saturated carbocycles. The van der Waals surface area contributed by atoms with Crippen LogP contribution in [0.25, 0.3) is 5.57 Å². The van der Waals surface area contributed by atoms with Gasteiger partial charge in [0.05, 0.1) is 0 Å². The van der Waals surface area contributed by atoms with Gasteiger partial charge in [-0.2, -0.15) is 0 Å². The lowest BCUT2D eigenvalue weighted by Gasteiger charge is -1.98. The molecule has 1 heteroatoms. The Morgan fingerprint density at radius 3 is 2.42 bits per heavy atom. The van der Waals surface area contributed by atoms with Gasteiger partial charge in [0.25, 0.3) is 0 Å². The summed E-state index contributed by atoms with van der Waals surface area (Å²) in [4.78, 5) is 3.70. The summed E-state index contributed by atoms with van der Waals surface area (Å²) in [7, 11) is 0. The first kappa shape index (κ1) is 8.47. The first-order valence-electron chi connectivity index (χ1n) is 3.72. The molecule has 0 aliphatic heterocycles. The molecule has 1 nitrogen and oxygen atoms in total. The number of hydrogen-bond acceptors (Lipinski definition) is 1. The van der Waals surface area contributed by atoms with E-state index in [1.807, 2.05) is 30.3 Å². The molecular weight excluding hydrogens is 146 g/mol. The maximum absolute atomic E-state index is 3.70. The molecule has 0 amide bonds. The molecule has 0 saturated heterocycles. The Balaban J connectivity index is 3.03. The third kappa shape index (κ3) is 1.92. The Morgan fingerprint density at radius 1 is 1.25 bits per heavy atom. The number of aliphatic imine (C=N–C) groups is 1. The zero-order valence-corrected chi connectivity index (χ0v) is 6.90. The molecule has 0 spiro atoms. The average Bonchev–Trinajstić information content (AvgIpc) is 2.15. The summed E-state index contributed by atoms with van der Waals surface area (Å²) in [6.45, 7) is 7.10. The smallest absolute Gasteiger partial charge is 0.0338 e. The Kier molecular flexibility index (Phi) is 3.03. The average molecular weight is 157 g/mol. The van der Waals surface area contributed by atoms with Gasteiger partial charge in [-0.25, -0.2) is 0 Å². The van der Waals surface area contributed by atoms with Crippen LogP contribution in [0.15, 0.2) is 54.2 Å². The van der Waals surface area contributed by atoms with Crippen LogP contribution in [0.4, 0.5) is 0 Å². The van der Waals surface area contributed by atoms with Crippen molar-refractivity contribution in [2.45, 2.75) is 0 Å². The molecule has 0 heterocycles. The van der Waals surface area contributed by atoms with Gasteiger partial charge in [0, 0.05) is 6.20 Å². The Hall–Kier alpha value is -1.63. The number of benzene rings is 1. The third-order valence-electron chi connectivity index (χ3n) is 1.56. The van der Waals surface area contributed by atoms with Gasteiger partial charge in [-0.3, -0.25) is 4.99 Å². The van der Waals surface area contributed by atoms with Crippen molar-refractivity contribution in [2.75, 3.05) is 0 Å². The maximum Gasteiger partial charge on any atom is 0.0338 e. The van der Waals surface area contributed by atoms with E-state index in [2.05, 4.69) is 18.3 Å². The molecule has 1 aromatic carbocycles. The Labute approximate surface area is 72.8 Å². The van der Waals surface area contributed by atoms with Gasteiger partial charge in [0.2, 0.25) is 0 Å². The molecule has 60 valence electrons. The second kappa shape index (κ2) is 4.29. The Bertz CT molecular complexity index is 296. The van der Waals surface area contributed by atoms with Crippen molar-refractivity contribution in [3.05, 3.63) is 54.8 Å². The lowest BCUT2D eigenvalue weighted by Crippen LogP contribution is -1.77. The van der Waals surface area contributed by atoms with E-state index in [1.165, 1.54) is 0 Å². The molecule has 0 aliphatic carbocycles. The highest BCUT2D eigenvalue weighted by atomic mass is 14.6. The fourth-order valence-corrected chi connectivity index (χ4v) is 0.974. The van der Waals surface area contributed by atoms with E-state index < -0.39 is 0 Å². The summed E-state index contributed by atoms with van der Waals surface area (Å²) in [5.74, 6) is 0. The number of hydrogen-bond donors (Lipinski definition) is 0. The molecule has 0 unspecified atom stereocenters. The van der Waals surface area contributed by atoms with Crippen molar-refractivity contribution in [1.82, 2.24) is 0 Å². The van der Waals surface area contributed by atoms with E-state index in [9.17, 15) is 0 Å². The van der Waals surface area contributed by atoms with E-state index in [-0.39, 0.29) is 0 Å². The van der Waals surface area contributed by atoms with Crippen LogP contribution in [0.5, 0.6) is 0 Å². The fourth-order valence-electron chi connectivity index (χ4n) is 0.974. The second-order valence-electron chi connectivity index (χ2n) is 2.34. The van der Waals surface area contributed by atoms with Crippen molar-refractivity contribution in [3.8, 4) is 0 Å². The van der Waals surface area contributed by atoms with Crippen molar-refractivity contribution in [3.63, 3.8) is 0 Å². The fraction of sp³-hybridized carbons (Fsp3) is 0. The van der Waals surface area contributed by atoms with Crippen LogP contribution < -0.4 is 0 Å². The summed E-state index contributed by atoms with van der Waals surface area (Å²) in [6.07, 6.45) is 3.46. The van der Waals surface area contributed by atoms with Gasteiger partial charge in [-0.1, -0.05) is 43.0 Å². The molecule has 0 atom stereocenters. The van der Waals surface area contributed by atoms with Crippen molar-refractivity contribution in [1.29, 1.82) is 0 Å². The van der Waals surface area contributed by atoms with Gasteiger partial charge in [-0.15, -0.1) is 0 Å². The molecule has 0 aliphatic rings. The molecular formula is C11H11N. The zero-order chi connectivity index (χ0) is 8.81. The predicted octanol–water partition coefficient (Wildman–Crippen LogP) is 2.91. The summed E-state index contributed by atoms with van der Waals surface area (Å²) in [5, 5.41) is 0. The van der Waals surface area contributed by atoms with Crippen LogP contribution in [-0.4, -0.2) is 6.72 Å². The third-order valence-corrected chi connectivity index (χ3v) is 1.56. The topological polar surface area (TPSA) is 12.4 Å². The van der Waals surface area contributed by atoms with Gasteiger partial charge in [-0.05, 0) is 17.9 Å². The SMILES string of the molecule is C=C/C(=C\N=C)c1ccccc1. The lowest BCUT2D eigenvalue weighted by molar-refractivity contribution is 1.56. The van der Waals surface area contributed by atoms with Crippen LogP contribution in [-0.2, 0) is 0 Å². The molecule has 0 N–H and O–H groups in total. The highest BCUT2D eigenvalue weighted by Crippen LogP contribution is 2.14. The molecule has 12 heavy (non-hydrogen) atoms. The summed E-state index contributed by atoms with van der Waals surface area (Å²) >= 11 is 0. The van der Waals surface area contributed by atoms with Crippen molar-refractivity contribution >= 4 is 12.3 Å². The van der Waals surface area contributed by atoms with Crippen LogP contribution in [0.1, 0.15) is 5.56 Å². The summed E-state index contributed by atoms with van der Waals surface area (Å²) < 4.78 is 0. The summed E-state index contributed by atoms with van der Waals surface area (Å²) in [6, 6.07) is 9.97. The number of rotatable bonds is 3. The number of nitrogens with zero attached hydrogens (tertiary/aromatic N) is 1. The summed E-state index contributed by atoms with van der Waals surface area (Å²) in [5.41, 5.74) is 2.10. The molecule has 1 rings (SSSR count). The molecule has 0 fully saturated rings. The van der Waals surface area contributed by atoms with Gasteiger partial charge >= 0.3 is 0 Å². The molecule has 0 bridgehead atoms. The number of allylic oxidation sites excluding steroid dienone is 2. The van der Waals surface area contributed by atoms with E-state index in [1.54, 1.807) is 12.3 Å². The van der Waals surface area contributed by atoms with Crippen LogP contribution in [0, 0.1) is 0 Å². The largest absolute Gasteiger partial charge is 0.272 e. The van der Waals surface area contributed by atoms with Gasteiger partial charge in [0.1, 0.15) is 0 Å².